The van der Waals surface area contributed by atoms with Crippen LogP contribution in [0, 0.1) is 6.92 Å². The maximum atomic E-state index is 12.9. The molecular formula is C33H33ClN2O11. The largest absolute Gasteiger partial charge is 0.508 e. The van der Waals surface area contributed by atoms with E-state index < -0.39 is 59.1 Å². The number of phenolic OH excluding ortho intramolecular Hbond substituents is 1. The number of allylic oxidation sites excluding steroid dienone is 1. The van der Waals surface area contributed by atoms with Crippen molar-refractivity contribution in [3.8, 4) is 17.2 Å². The van der Waals surface area contributed by atoms with Crippen LogP contribution in [0.4, 0.5) is 5.69 Å². The van der Waals surface area contributed by atoms with Crippen LogP contribution in [0.1, 0.15) is 46.0 Å². The molecule has 2 aromatic heterocycles. The van der Waals surface area contributed by atoms with Crippen molar-refractivity contribution in [1.29, 1.82) is 0 Å². The summed E-state index contributed by atoms with van der Waals surface area (Å²) in [6.45, 7) is 8.72. The smallest absolute Gasteiger partial charge is 0.364 e. The molecule has 2 aromatic carbocycles. The monoisotopic (exact) mass is 668 g/mol. The number of benzene rings is 2. The molecule has 0 radical (unpaired) electrons. The number of aromatic amines is 1. The molecule has 1 saturated heterocycles. The van der Waals surface area contributed by atoms with E-state index in [1.165, 1.54) is 37.4 Å². The summed E-state index contributed by atoms with van der Waals surface area (Å²) in [4.78, 5) is 41.6. The summed E-state index contributed by atoms with van der Waals surface area (Å²) in [6.07, 6.45) is -3.29. The van der Waals surface area contributed by atoms with Crippen LogP contribution in [0.5, 0.6) is 17.2 Å². The van der Waals surface area contributed by atoms with Crippen molar-refractivity contribution >= 4 is 40.1 Å². The summed E-state index contributed by atoms with van der Waals surface area (Å²) >= 11 is 6.56. The average molecular weight is 669 g/mol. The van der Waals surface area contributed by atoms with Crippen LogP contribution in [-0.4, -0.2) is 69.5 Å². The number of nitrogens with one attached hydrogen (secondary N) is 2. The lowest BCUT2D eigenvalue weighted by Gasteiger charge is -2.47. The number of aromatic nitrogens is 1. The number of carbonyl (C=O) groups is 2. The number of fused-ring (bicyclic) bond motifs is 1. The first-order chi connectivity index (χ1) is 22.2. The van der Waals surface area contributed by atoms with Crippen LogP contribution in [0.15, 0.2) is 64.3 Å². The van der Waals surface area contributed by atoms with E-state index in [-0.39, 0.29) is 38.7 Å². The molecule has 47 heavy (non-hydrogen) atoms. The molecule has 13 nitrogen and oxygen atoms in total. The molecule has 1 aliphatic heterocycles. The van der Waals surface area contributed by atoms with E-state index in [2.05, 4.69) is 16.9 Å². The molecule has 5 N–H and O–H groups in total. The molecule has 5 rings (SSSR count). The first-order valence-corrected chi connectivity index (χ1v) is 14.8. The van der Waals surface area contributed by atoms with E-state index in [0.717, 1.165) is 5.69 Å². The van der Waals surface area contributed by atoms with Crippen LogP contribution in [-0.2, 0) is 20.6 Å². The second-order valence-electron chi connectivity index (χ2n) is 11.4. The number of aliphatic hydroxyl groups is 1. The van der Waals surface area contributed by atoms with Gasteiger partial charge in [0.2, 0.25) is 6.29 Å². The number of aliphatic hydroxyl groups excluding tert-OH is 1. The average Bonchev–Trinajstić information content (AvgIpc) is 3.46. The highest BCUT2D eigenvalue weighted by molar-refractivity contribution is 6.36. The molecule has 4 atom stereocenters. The number of amides is 1. The zero-order valence-corrected chi connectivity index (χ0v) is 26.6. The Morgan fingerprint density at radius 2 is 1.91 bits per heavy atom. The molecule has 1 aliphatic rings. The molecule has 4 aromatic rings. The number of hydrogen-bond donors (Lipinski definition) is 5. The Labute approximate surface area is 273 Å². The van der Waals surface area contributed by atoms with Crippen molar-refractivity contribution in [2.45, 2.75) is 57.4 Å². The summed E-state index contributed by atoms with van der Waals surface area (Å²) < 4.78 is 28.5. The van der Waals surface area contributed by atoms with Gasteiger partial charge in [0.15, 0.2) is 29.2 Å². The van der Waals surface area contributed by atoms with Gasteiger partial charge < -0.3 is 49.0 Å². The van der Waals surface area contributed by atoms with Gasteiger partial charge in [0.25, 0.3) is 5.91 Å². The van der Waals surface area contributed by atoms with E-state index in [4.69, 9.17) is 35.0 Å². The fourth-order valence-corrected chi connectivity index (χ4v) is 5.62. The number of ether oxygens (including phenoxy) is 4. The number of aryl methyl sites for hydroxylation is 1. The van der Waals surface area contributed by atoms with Crippen molar-refractivity contribution in [3.05, 3.63) is 93.1 Å². The molecule has 14 heteroatoms. The molecule has 0 bridgehead atoms. The molecule has 248 valence electrons. The lowest BCUT2D eigenvalue weighted by molar-refractivity contribution is -0.305. The van der Waals surface area contributed by atoms with Gasteiger partial charge in [-0.15, -0.1) is 6.58 Å². The minimum Gasteiger partial charge on any atom is -0.508 e. The molecule has 3 heterocycles. The SMILES string of the molecule is C=CCc1cc(C(=O)Nc2c(O)c3ccc(O[C@H]4OC(C)(C)[C@H](OC)[C@@H](OC(=O)c5ccc(C)[nH]5)[C@H]4O)c(Cl)c3oc2=O)ccc1O. The topological polar surface area (TPSA) is 190 Å². The molecule has 1 amide bonds. The second-order valence-corrected chi connectivity index (χ2v) is 11.8. The normalized spacial score (nSPS) is 20.5. The number of H-pyrrole nitrogens is 1. The Hall–Kier alpha value is -4.82. The highest BCUT2D eigenvalue weighted by Crippen LogP contribution is 2.41. The maximum Gasteiger partial charge on any atom is 0.364 e. The van der Waals surface area contributed by atoms with E-state index in [1.807, 2.05) is 0 Å². The Morgan fingerprint density at radius 1 is 1.17 bits per heavy atom. The van der Waals surface area contributed by atoms with Gasteiger partial charge in [-0.05, 0) is 75.2 Å². The minimum absolute atomic E-state index is 0.0291. The van der Waals surface area contributed by atoms with E-state index in [0.29, 0.717) is 12.0 Å². The highest BCUT2D eigenvalue weighted by atomic mass is 35.5. The van der Waals surface area contributed by atoms with Crippen molar-refractivity contribution in [2.24, 2.45) is 0 Å². The fourth-order valence-electron chi connectivity index (χ4n) is 5.38. The standard InChI is InChI=1S/C33H33ClN2O11/c1-6-7-16-14-17(9-12-20(16)37)29(40)36-23-24(38)18-10-13-21(22(34)26(18)45-31(23)42)44-32-25(39)27(28(43-5)33(3,4)47-32)46-30(41)19-11-8-15(2)35-19/h6,8-14,25,27-28,32,35,37-39H,1,7H2,2-5H3,(H,36,40)/t25-,27+,28-,32+/m1/s1. The predicted octanol–water partition coefficient (Wildman–Crippen LogP) is 4.59. The van der Waals surface area contributed by atoms with Crippen LogP contribution >= 0.6 is 11.6 Å². The third-order valence-corrected chi connectivity index (χ3v) is 8.07. The highest BCUT2D eigenvalue weighted by Gasteiger charge is 2.53. The van der Waals surface area contributed by atoms with Gasteiger partial charge in [-0.2, -0.15) is 0 Å². The van der Waals surface area contributed by atoms with Crippen molar-refractivity contribution in [1.82, 2.24) is 4.98 Å². The summed E-state index contributed by atoms with van der Waals surface area (Å²) in [5, 5.41) is 34.3. The number of esters is 1. The van der Waals surface area contributed by atoms with Gasteiger partial charge in [-0.3, -0.25) is 4.79 Å². The molecule has 1 fully saturated rings. The number of aromatic hydroxyl groups is 2. The van der Waals surface area contributed by atoms with Crippen molar-refractivity contribution in [3.63, 3.8) is 0 Å². The molecule has 0 aliphatic carbocycles. The third kappa shape index (κ3) is 6.56. The minimum atomic E-state index is -1.57. The quantitative estimate of drug-likeness (QED) is 0.0953. The predicted molar refractivity (Wildman–Crippen MR) is 170 cm³/mol. The second kappa shape index (κ2) is 13.1. The summed E-state index contributed by atoms with van der Waals surface area (Å²) in [7, 11) is 1.39. The molecule has 0 unspecified atom stereocenters. The van der Waals surface area contributed by atoms with Crippen molar-refractivity contribution < 1.29 is 48.3 Å². The lowest BCUT2D eigenvalue weighted by Crippen LogP contribution is -2.65. The molecule has 0 spiro atoms. The molecular weight excluding hydrogens is 636 g/mol. The van der Waals surface area contributed by atoms with E-state index >= 15 is 0 Å². The fraction of sp³-hybridized carbons (Fsp3) is 0.303. The van der Waals surface area contributed by atoms with Crippen LogP contribution in [0.25, 0.3) is 11.0 Å². The zero-order chi connectivity index (χ0) is 34.2. The Balaban J connectivity index is 1.41. The number of phenols is 1. The number of methoxy groups -OCH3 is 1. The van der Waals surface area contributed by atoms with Gasteiger partial charge in [-0.1, -0.05) is 17.7 Å². The van der Waals surface area contributed by atoms with Crippen LogP contribution < -0.4 is 15.7 Å². The summed E-state index contributed by atoms with van der Waals surface area (Å²) in [6, 6.07) is 10.0. The van der Waals surface area contributed by atoms with Crippen LogP contribution in [0.2, 0.25) is 5.02 Å². The third-order valence-electron chi connectivity index (χ3n) is 7.71. The summed E-state index contributed by atoms with van der Waals surface area (Å²) in [5.74, 6) is -2.22. The maximum absolute atomic E-state index is 12.9. The Bertz CT molecular complexity index is 1910. The van der Waals surface area contributed by atoms with Gasteiger partial charge in [0, 0.05) is 18.4 Å². The number of hydrogen-bond acceptors (Lipinski definition) is 11. The van der Waals surface area contributed by atoms with Crippen molar-refractivity contribution in [2.75, 3.05) is 12.4 Å². The number of anilines is 1. The van der Waals surface area contributed by atoms with Gasteiger partial charge in [0.05, 0.1) is 11.0 Å². The number of halogens is 1. The van der Waals surface area contributed by atoms with Gasteiger partial charge in [-0.25, -0.2) is 9.59 Å². The van der Waals surface area contributed by atoms with E-state index in [1.54, 1.807) is 39.0 Å². The lowest BCUT2D eigenvalue weighted by atomic mass is 9.89. The zero-order valence-electron chi connectivity index (χ0n) is 25.8. The van der Waals surface area contributed by atoms with Gasteiger partial charge in [0.1, 0.15) is 28.3 Å². The van der Waals surface area contributed by atoms with E-state index in [9.17, 15) is 29.7 Å². The van der Waals surface area contributed by atoms with Crippen LogP contribution in [0.3, 0.4) is 0 Å². The number of carbonyl (C=O) groups excluding carboxylic acids is 2. The number of rotatable bonds is 9. The Morgan fingerprint density at radius 3 is 2.57 bits per heavy atom. The first-order valence-electron chi connectivity index (χ1n) is 14.4. The Kier molecular flexibility index (Phi) is 9.36. The van der Waals surface area contributed by atoms with Gasteiger partial charge >= 0.3 is 11.6 Å². The first kappa shape index (κ1) is 33.5. The summed E-state index contributed by atoms with van der Waals surface area (Å²) in [5.41, 5.74) is -1.60. The molecule has 0 saturated carbocycles.